The van der Waals surface area contributed by atoms with Gasteiger partial charge in [-0.05, 0) is 123 Å². The number of rotatable bonds is 6. The van der Waals surface area contributed by atoms with Crippen LogP contribution < -0.4 is 0 Å². The summed E-state index contributed by atoms with van der Waals surface area (Å²) in [6.07, 6.45) is 16.4. The molecule has 386 valence electrons. The SMILES string of the molecule is c1cc(C2OCN3CCCC3O2)sc1C1OCN2CCCC2O1.c1cc(C2SCC3CCCCC3S2)sc1C1SCC2CCCCC2S1.c1ccc2c(c1)COC(c1ccc(C3=Nc4ccccc4CO3)s1)=N2. The van der Waals surface area contributed by atoms with E-state index in [1.54, 1.807) is 32.4 Å². The Morgan fingerprint density at radius 1 is 0.466 bits per heavy atom. The number of thiophene rings is 3. The fourth-order valence-corrected chi connectivity index (χ4v) is 22.3. The summed E-state index contributed by atoms with van der Waals surface area (Å²) in [7, 11) is 0. The van der Waals surface area contributed by atoms with Crippen molar-refractivity contribution in [3.63, 3.8) is 0 Å². The number of para-hydroxylation sites is 2. The van der Waals surface area contributed by atoms with Crippen LogP contribution in [0.5, 0.6) is 0 Å². The second-order valence-electron chi connectivity index (χ2n) is 20.4. The maximum absolute atomic E-state index is 6.09. The van der Waals surface area contributed by atoms with Crippen molar-refractivity contribution in [2.45, 2.75) is 135 Å². The predicted molar refractivity (Wildman–Crippen MR) is 304 cm³/mol. The minimum absolute atomic E-state index is 0.216. The second kappa shape index (κ2) is 23.3. The highest BCUT2D eigenvalue weighted by molar-refractivity contribution is 8.18. The Morgan fingerprint density at radius 2 is 0.932 bits per heavy atom. The van der Waals surface area contributed by atoms with Crippen molar-refractivity contribution in [1.82, 2.24) is 9.80 Å². The molecule has 2 aromatic carbocycles. The van der Waals surface area contributed by atoms with Gasteiger partial charge in [-0.3, -0.25) is 9.80 Å². The van der Waals surface area contributed by atoms with Gasteiger partial charge in [-0.15, -0.1) is 81.1 Å². The van der Waals surface area contributed by atoms with Crippen LogP contribution >= 0.6 is 81.1 Å². The molecular weight excluding hydrogens is 1050 g/mol. The van der Waals surface area contributed by atoms with Gasteiger partial charge in [0.25, 0.3) is 0 Å². The Morgan fingerprint density at radius 3 is 1.45 bits per heavy atom. The van der Waals surface area contributed by atoms with Gasteiger partial charge in [0, 0.05) is 44.5 Å². The number of fused-ring (bicyclic) bond motifs is 6. The van der Waals surface area contributed by atoms with Crippen LogP contribution in [0.1, 0.15) is 139 Å². The molecule has 10 unspecified atom stereocenters. The third kappa shape index (κ3) is 11.5. The fraction of sp³-hybridized carbons (Fsp3) is 0.536. The summed E-state index contributed by atoms with van der Waals surface area (Å²) < 4.78 is 37.0. The lowest BCUT2D eigenvalue weighted by Crippen LogP contribution is -2.40. The summed E-state index contributed by atoms with van der Waals surface area (Å²) in [6.45, 7) is 4.58. The topological polar surface area (TPSA) is 86.6 Å². The lowest BCUT2D eigenvalue weighted by atomic mass is 9.90. The van der Waals surface area contributed by atoms with E-state index in [0.29, 0.717) is 38.5 Å². The highest BCUT2D eigenvalue weighted by Crippen LogP contribution is 2.58. The van der Waals surface area contributed by atoms with Gasteiger partial charge in [0.1, 0.15) is 39.1 Å². The van der Waals surface area contributed by atoms with E-state index in [1.165, 1.54) is 75.7 Å². The van der Waals surface area contributed by atoms with Crippen molar-refractivity contribution in [1.29, 1.82) is 0 Å². The maximum Gasteiger partial charge on any atom is 0.232 e. The van der Waals surface area contributed by atoms with E-state index in [2.05, 4.69) is 102 Å². The normalized spacial score (nSPS) is 31.7. The molecular formula is C56H64N4O6S7. The molecule has 3 aromatic heterocycles. The molecule has 0 radical (unpaired) electrons. The number of aliphatic imine (C=N–C) groups is 2. The lowest BCUT2D eigenvalue weighted by molar-refractivity contribution is -0.278. The van der Waals surface area contributed by atoms with Crippen LogP contribution in [0.15, 0.2) is 94.9 Å². The highest BCUT2D eigenvalue weighted by atomic mass is 32.2. The standard InChI is InChI=1S/C20H14N2O2S.C20H28S5.C16H22N2O4S/c1-3-7-15-13(5-1)11-23-19(21-15)17-9-10-18(25-17)20-22-16-8-4-2-6-14(16)12-24-20;1-3-7-15-13(5-1)11-21-19(24-15)17-9-10-18(23-17)20-22-12-14-6-2-4-8-16(14)25-20;1-3-13-17(7-1)9-19-15(21-13)11-5-6-12(23-11)16-20-10-18-8-2-4-14(18)22-16/h1-10H,11-12H2;9-10,13-16,19-20H,1-8,11-12H2;5-6,13-16H,1-4,7-10H2. The van der Waals surface area contributed by atoms with Gasteiger partial charge in [-0.1, -0.05) is 62.1 Å². The van der Waals surface area contributed by atoms with E-state index in [-0.39, 0.29) is 25.0 Å². The molecule has 0 N–H and O–H groups in total. The molecule has 5 aromatic rings. The maximum atomic E-state index is 6.09. The predicted octanol–water partition coefficient (Wildman–Crippen LogP) is 15.4. The summed E-state index contributed by atoms with van der Waals surface area (Å²) in [5.41, 5.74) is 4.16. The molecule has 10 nitrogen and oxygen atoms in total. The van der Waals surface area contributed by atoms with Gasteiger partial charge in [0.15, 0.2) is 12.6 Å². The Kier molecular flexibility index (Phi) is 16.0. The Bertz CT molecular complexity index is 2570. The molecule has 73 heavy (non-hydrogen) atoms. The molecule has 11 heterocycles. The zero-order chi connectivity index (χ0) is 48.5. The summed E-state index contributed by atoms with van der Waals surface area (Å²) in [4.78, 5) is 21.3. The first-order valence-electron chi connectivity index (χ1n) is 26.6. The van der Waals surface area contributed by atoms with Crippen LogP contribution in [0.2, 0.25) is 0 Å². The Labute approximate surface area is 459 Å². The minimum Gasteiger partial charge on any atom is -0.472 e. The third-order valence-corrected chi connectivity index (χ3v) is 26.3. The zero-order valence-electron chi connectivity index (χ0n) is 41.1. The molecule has 17 heteroatoms. The first-order valence-corrected chi connectivity index (χ1v) is 33.0. The molecule has 0 amide bonds. The largest absolute Gasteiger partial charge is 0.472 e. The van der Waals surface area contributed by atoms with Crippen molar-refractivity contribution >= 4 is 104 Å². The molecule has 8 fully saturated rings. The van der Waals surface area contributed by atoms with E-state index in [1.807, 2.05) is 60.7 Å². The van der Waals surface area contributed by atoms with Crippen molar-refractivity contribution in [2.75, 3.05) is 38.1 Å². The van der Waals surface area contributed by atoms with Gasteiger partial charge in [0.05, 0.1) is 40.0 Å². The van der Waals surface area contributed by atoms with Gasteiger partial charge >= 0.3 is 0 Å². The molecule has 0 spiro atoms. The molecule has 2 aliphatic carbocycles. The molecule has 2 saturated carbocycles. The molecule has 6 saturated heterocycles. The highest BCUT2D eigenvalue weighted by Gasteiger charge is 2.39. The molecule has 15 rings (SSSR count). The number of thioether (sulfide) groups is 4. The van der Waals surface area contributed by atoms with Crippen LogP contribution in [0.4, 0.5) is 11.4 Å². The Balaban J connectivity index is 0.000000106. The second-order valence-corrected chi connectivity index (χ2v) is 29.4. The first-order chi connectivity index (χ1) is 36.1. The number of benzene rings is 2. The van der Waals surface area contributed by atoms with Crippen LogP contribution in [0.25, 0.3) is 0 Å². The molecule has 10 aliphatic rings. The minimum atomic E-state index is -0.250. The van der Waals surface area contributed by atoms with E-state index in [4.69, 9.17) is 28.4 Å². The molecule has 8 aliphatic heterocycles. The number of hydrogen-bond donors (Lipinski definition) is 0. The number of ether oxygens (including phenoxy) is 6. The number of hydrogen-bond acceptors (Lipinski definition) is 17. The average molecular weight is 1110 g/mol. The first kappa shape index (κ1) is 50.2. The molecule has 0 bridgehead atoms. The van der Waals surface area contributed by atoms with Crippen LogP contribution in [0, 0.1) is 11.8 Å². The van der Waals surface area contributed by atoms with E-state index < -0.39 is 0 Å². The zero-order valence-corrected chi connectivity index (χ0v) is 46.8. The van der Waals surface area contributed by atoms with Crippen molar-refractivity contribution in [2.24, 2.45) is 21.8 Å². The molecule has 10 atom stereocenters. The van der Waals surface area contributed by atoms with Crippen LogP contribution in [-0.4, -0.2) is 82.6 Å². The summed E-state index contributed by atoms with van der Waals surface area (Å²) in [6, 6.07) is 29.2. The third-order valence-electron chi connectivity index (χ3n) is 15.6. The average Bonchev–Trinajstić information content (AvgIpc) is 4.33. The van der Waals surface area contributed by atoms with Crippen molar-refractivity contribution in [3.8, 4) is 0 Å². The fourth-order valence-electron chi connectivity index (χ4n) is 11.5. The van der Waals surface area contributed by atoms with Gasteiger partial charge in [-0.2, -0.15) is 0 Å². The monoisotopic (exact) mass is 1110 g/mol. The van der Waals surface area contributed by atoms with Crippen LogP contribution in [-0.2, 0) is 41.6 Å². The van der Waals surface area contributed by atoms with Gasteiger partial charge < -0.3 is 28.4 Å². The smallest absolute Gasteiger partial charge is 0.232 e. The number of nitrogens with zero attached hydrogens (tertiary/aromatic N) is 4. The van der Waals surface area contributed by atoms with Crippen LogP contribution in [0.3, 0.4) is 0 Å². The van der Waals surface area contributed by atoms with Crippen molar-refractivity contribution in [3.05, 3.63) is 125 Å². The van der Waals surface area contributed by atoms with Crippen molar-refractivity contribution < 1.29 is 28.4 Å². The van der Waals surface area contributed by atoms with E-state index in [0.717, 1.165) is 99.4 Å². The quantitative estimate of drug-likeness (QED) is 0.162. The van der Waals surface area contributed by atoms with Gasteiger partial charge in [-0.25, -0.2) is 9.98 Å². The van der Waals surface area contributed by atoms with Gasteiger partial charge in [0.2, 0.25) is 11.8 Å². The summed E-state index contributed by atoms with van der Waals surface area (Å²) >= 11 is 14.5. The lowest BCUT2D eigenvalue weighted by Gasteiger charge is -2.38. The Hall–Kier alpha value is -2.36. The van der Waals surface area contributed by atoms with E-state index in [9.17, 15) is 0 Å². The summed E-state index contributed by atoms with van der Waals surface area (Å²) in [5.74, 6) is 6.15. The summed E-state index contributed by atoms with van der Waals surface area (Å²) in [5, 5.41) is 1.90. The van der Waals surface area contributed by atoms with E-state index >= 15 is 0 Å².